The molecule has 1 heterocycles. The number of carbonyl (C=O) groups excluding carboxylic acids is 2. The Kier molecular flexibility index (Phi) is 6.74. The van der Waals surface area contributed by atoms with Crippen molar-refractivity contribution in [2.45, 2.75) is 26.3 Å². The summed E-state index contributed by atoms with van der Waals surface area (Å²) in [4.78, 5) is 40.3. The monoisotopic (exact) mass is 447 g/mol. The van der Waals surface area contributed by atoms with Gasteiger partial charge in [-0.3, -0.25) is 19.0 Å². The van der Waals surface area contributed by atoms with E-state index in [1.54, 1.807) is 30.3 Å². The summed E-state index contributed by atoms with van der Waals surface area (Å²) in [6, 6.07) is 9.78. The van der Waals surface area contributed by atoms with Crippen molar-refractivity contribution < 1.29 is 14.3 Å². The van der Waals surface area contributed by atoms with Crippen LogP contribution < -0.4 is 10.9 Å². The predicted octanol–water partition coefficient (Wildman–Crippen LogP) is 4.20. The first-order chi connectivity index (χ1) is 14.3. The number of anilines is 1. The summed E-state index contributed by atoms with van der Waals surface area (Å²) in [5, 5.41) is 3.80. The molecule has 0 saturated heterocycles. The number of esters is 1. The molecule has 0 aliphatic carbocycles. The van der Waals surface area contributed by atoms with E-state index in [4.69, 9.17) is 23.2 Å². The second kappa shape index (κ2) is 9.28. The van der Waals surface area contributed by atoms with E-state index >= 15 is 0 Å². The summed E-state index contributed by atoms with van der Waals surface area (Å²) in [7, 11) is 0. The lowest BCUT2D eigenvalue weighted by Crippen LogP contribution is -2.26. The van der Waals surface area contributed by atoms with E-state index in [1.807, 2.05) is 13.0 Å². The highest BCUT2D eigenvalue weighted by Crippen LogP contribution is 2.28. The van der Waals surface area contributed by atoms with Gasteiger partial charge in [0.05, 0.1) is 33.3 Å². The number of ether oxygens (including phenoxy) is 1. The maximum absolute atomic E-state index is 13.2. The quantitative estimate of drug-likeness (QED) is 0.571. The maximum Gasteiger partial charge on any atom is 0.303 e. The van der Waals surface area contributed by atoms with Crippen molar-refractivity contribution in [3.8, 4) is 0 Å². The van der Waals surface area contributed by atoms with Crippen LogP contribution in [-0.4, -0.2) is 28.0 Å². The van der Waals surface area contributed by atoms with Crippen molar-refractivity contribution in [2.75, 3.05) is 11.9 Å². The zero-order valence-corrected chi connectivity index (χ0v) is 17.8. The number of halogens is 2. The first-order valence-electron chi connectivity index (χ1n) is 9.19. The zero-order chi connectivity index (χ0) is 21.8. The van der Waals surface area contributed by atoms with Gasteiger partial charge in [0.15, 0.2) is 6.61 Å². The minimum Gasteiger partial charge on any atom is -0.456 e. The molecule has 3 rings (SSSR count). The number of hydrogen-bond acceptors (Lipinski definition) is 5. The molecule has 156 valence electrons. The molecule has 1 aromatic heterocycles. The highest BCUT2D eigenvalue weighted by atomic mass is 35.5. The molecule has 9 heteroatoms. The number of carbonyl (C=O) groups is 2. The van der Waals surface area contributed by atoms with Crippen molar-refractivity contribution in [1.29, 1.82) is 0 Å². The van der Waals surface area contributed by atoms with E-state index in [9.17, 15) is 14.4 Å². The average Bonchev–Trinajstić information content (AvgIpc) is 2.71. The number of hydrogen-bond donors (Lipinski definition) is 1. The van der Waals surface area contributed by atoms with Gasteiger partial charge < -0.3 is 10.1 Å². The molecule has 0 aliphatic heterocycles. The molecule has 0 saturated carbocycles. The maximum atomic E-state index is 13.2. The zero-order valence-electron chi connectivity index (χ0n) is 16.3. The van der Waals surface area contributed by atoms with Gasteiger partial charge in [-0.25, -0.2) is 4.98 Å². The van der Waals surface area contributed by atoms with E-state index in [2.05, 4.69) is 15.0 Å². The van der Waals surface area contributed by atoms with Crippen LogP contribution in [0.1, 0.15) is 31.9 Å². The van der Waals surface area contributed by atoms with Crippen LogP contribution in [0.15, 0.2) is 47.5 Å². The fourth-order valence-corrected chi connectivity index (χ4v) is 3.42. The molecule has 1 N–H and O–H groups in total. The van der Waals surface area contributed by atoms with E-state index in [0.717, 1.165) is 5.56 Å². The van der Waals surface area contributed by atoms with Gasteiger partial charge in [0.25, 0.3) is 11.5 Å². The number of fused-ring (bicyclic) bond motifs is 1. The smallest absolute Gasteiger partial charge is 0.303 e. The minimum atomic E-state index is -0.552. The van der Waals surface area contributed by atoms with Crippen LogP contribution in [0.4, 0.5) is 5.69 Å². The van der Waals surface area contributed by atoms with Crippen LogP contribution in [0, 0.1) is 0 Å². The molecule has 1 atom stereocenters. The van der Waals surface area contributed by atoms with E-state index in [1.165, 1.54) is 17.8 Å². The summed E-state index contributed by atoms with van der Waals surface area (Å²) in [5.41, 5.74) is 1.48. The van der Waals surface area contributed by atoms with Crippen LogP contribution >= 0.6 is 23.2 Å². The van der Waals surface area contributed by atoms with E-state index < -0.39 is 18.5 Å². The van der Waals surface area contributed by atoms with Gasteiger partial charge in [0.2, 0.25) is 0 Å². The van der Waals surface area contributed by atoms with Gasteiger partial charge in [0.1, 0.15) is 0 Å². The summed E-state index contributed by atoms with van der Waals surface area (Å²) in [6.07, 6.45) is 2.13. The van der Waals surface area contributed by atoms with Gasteiger partial charge in [-0.05, 0) is 42.3 Å². The summed E-state index contributed by atoms with van der Waals surface area (Å²) in [5.74, 6) is -1.06. The van der Waals surface area contributed by atoms with Crippen LogP contribution in [0.5, 0.6) is 0 Å². The molecule has 1 unspecified atom stereocenters. The van der Waals surface area contributed by atoms with Gasteiger partial charge >= 0.3 is 5.97 Å². The first kappa shape index (κ1) is 21.8. The molecule has 1 amide bonds. The van der Waals surface area contributed by atoms with Crippen molar-refractivity contribution >= 4 is 51.7 Å². The van der Waals surface area contributed by atoms with E-state index in [-0.39, 0.29) is 11.6 Å². The minimum absolute atomic E-state index is 0.256. The Labute approximate surface area is 182 Å². The number of nitrogens with zero attached hydrogens (tertiary/aromatic N) is 2. The van der Waals surface area contributed by atoms with Crippen molar-refractivity contribution in [2.24, 2.45) is 0 Å². The van der Waals surface area contributed by atoms with Crippen LogP contribution in [-0.2, 0) is 14.3 Å². The molecule has 30 heavy (non-hydrogen) atoms. The van der Waals surface area contributed by atoms with Crippen molar-refractivity contribution in [3.05, 3.63) is 68.7 Å². The van der Waals surface area contributed by atoms with E-state index in [0.29, 0.717) is 33.1 Å². The molecule has 7 nitrogen and oxygen atoms in total. The second-order valence-corrected chi connectivity index (χ2v) is 7.43. The molecule has 0 fully saturated rings. The number of rotatable bonds is 6. The Balaban J connectivity index is 1.97. The Morgan fingerprint density at radius 1 is 1.17 bits per heavy atom. The number of amides is 1. The summed E-state index contributed by atoms with van der Waals surface area (Å²) in [6.45, 7) is 2.77. The van der Waals surface area contributed by atoms with Crippen LogP contribution in [0.25, 0.3) is 10.9 Å². The predicted molar refractivity (Wildman–Crippen MR) is 116 cm³/mol. The van der Waals surface area contributed by atoms with Crippen LogP contribution in [0.3, 0.4) is 0 Å². The van der Waals surface area contributed by atoms with Gasteiger partial charge in [0, 0.05) is 12.6 Å². The third-order valence-electron chi connectivity index (χ3n) is 4.52. The van der Waals surface area contributed by atoms with Gasteiger partial charge in [-0.2, -0.15) is 0 Å². The third kappa shape index (κ3) is 4.80. The Hall–Kier alpha value is -2.90. The number of nitrogens with one attached hydrogen (secondary N) is 1. The second-order valence-electron chi connectivity index (χ2n) is 6.61. The summed E-state index contributed by atoms with van der Waals surface area (Å²) >= 11 is 12.2. The van der Waals surface area contributed by atoms with Crippen LogP contribution in [0.2, 0.25) is 10.0 Å². The SMILES string of the molecule is CCC(c1ccc(Cl)c(Cl)c1)n1cnc2ccc(NC(=O)COC(C)=O)cc2c1=O. The third-order valence-corrected chi connectivity index (χ3v) is 5.26. The van der Waals surface area contributed by atoms with Gasteiger partial charge in [-0.15, -0.1) is 0 Å². The van der Waals surface area contributed by atoms with Gasteiger partial charge in [-0.1, -0.05) is 36.2 Å². The molecule has 2 aromatic carbocycles. The fraction of sp³-hybridized carbons (Fsp3) is 0.238. The molecular weight excluding hydrogens is 429 g/mol. The molecule has 0 radical (unpaired) electrons. The summed E-state index contributed by atoms with van der Waals surface area (Å²) < 4.78 is 6.20. The van der Waals surface area contributed by atoms with Crippen molar-refractivity contribution in [1.82, 2.24) is 9.55 Å². The fourth-order valence-electron chi connectivity index (χ4n) is 3.11. The average molecular weight is 448 g/mol. The lowest BCUT2D eigenvalue weighted by atomic mass is 10.0. The molecular formula is C21H19Cl2N3O4. The Bertz CT molecular complexity index is 1180. The molecule has 0 bridgehead atoms. The van der Waals surface area contributed by atoms with Crippen molar-refractivity contribution in [3.63, 3.8) is 0 Å². The largest absolute Gasteiger partial charge is 0.456 e. The normalized spacial score (nSPS) is 11.9. The molecule has 0 spiro atoms. The number of aromatic nitrogens is 2. The molecule has 0 aliphatic rings. The Morgan fingerprint density at radius 3 is 2.60 bits per heavy atom. The lowest BCUT2D eigenvalue weighted by Gasteiger charge is -2.19. The standard InChI is InChI=1S/C21H19Cl2N3O4/c1-3-19(13-4-6-16(22)17(23)8-13)26-11-24-18-7-5-14(9-15(18)21(26)29)25-20(28)10-30-12(2)27/h4-9,11,19H,3,10H2,1-2H3,(H,25,28). The topological polar surface area (TPSA) is 90.3 Å². The first-order valence-corrected chi connectivity index (χ1v) is 9.94. The molecule has 3 aromatic rings. The highest BCUT2D eigenvalue weighted by molar-refractivity contribution is 6.42. The highest BCUT2D eigenvalue weighted by Gasteiger charge is 2.17. The number of benzene rings is 2. The Morgan fingerprint density at radius 2 is 1.93 bits per heavy atom. The lowest BCUT2D eigenvalue weighted by molar-refractivity contribution is -0.144.